The summed E-state index contributed by atoms with van der Waals surface area (Å²) in [7, 11) is 0. The Bertz CT molecular complexity index is 374. The second-order valence-corrected chi connectivity index (χ2v) is 3.86. The van der Waals surface area contributed by atoms with Crippen LogP contribution in [0.2, 0.25) is 0 Å². The van der Waals surface area contributed by atoms with Crippen molar-refractivity contribution in [3.8, 4) is 6.07 Å². The number of rotatable bonds is 1. The minimum atomic E-state index is -0.577. The van der Waals surface area contributed by atoms with Crippen molar-refractivity contribution in [3.05, 3.63) is 35.6 Å². The van der Waals surface area contributed by atoms with Crippen LogP contribution < -0.4 is 0 Å². The summed E-state index contributed by atoms with van der Waals surface area (Å²) in [5.41, 5.74) is 0.275. The first-order chi connectivity index (χ1) is 7.27. The van der Waals surface area contributed by atoms with Crippen molar-refractivity contribution in [2.75, 3.05) is 13.2 Å². The summed E-state index contributed by atoms with van der Waals surface area (Å²) in [6, 6.07) is 8.44. The van der Waals surface area contributed by atoms with E-state index in [0.29, 0.717) is 13.2 Å². The smallest absolute Gasteiger partial charge is 0.123 e. The standard InChI is InChI=1S/C12H12FNO/c13-11-4-2-10(3-5-11)12(8-14)6-1-7-15-9-12/h2-5H,1,6-7,9H2/t12-/m1/s1. The molecule has 0 aromatic heterocycles. The average Bonchev–Trinajstić information content (AvgIpc) is 2.31. The van der Waals surface area contributed by atoms with Crippen molar-refractivity contribution >= 4 is 0 Å². The molecule has 0 N–H and O–H groups in total. The number of hydrogen-bond donors (Lipinski definition) is 0. The maximum absolute atomic E-state index is 12.8. The number of nitrogens with zero attached hydrogens (tertiary/aromatic N) is 1. The summed E-state index contributed by atoms with van der Waals surface area (Å²) in [5, 5.41) is 9.24. The quantitative estimate of drug-likeness (QED) is 0.705. The first-order valence-electron chi connectivity index (χ1n) is 5.02. The van der Waals surface area contributed by atoms with Crippen molar-refractivity contribution in [1.29, 1.82) is 5.26 Å². The maximum atomic E-state index is 12.8. The molecule has 0 amide bonds. The lowest BCUT2D eigenvalue weighted by Crippen LogP contribution is -2.34. The van der Waals surface area contributed by atoms with Gasteiger partial charge in [-0.15, -0.1) is 0 Å². The van der Waals surface area contributed by atoms with Gasteiger partial charge in [0.1, 0.15) is 11.2 Å². The third kappa shape index (κ3) is 1.86. The average molecular weight is 205 g/mol. The summed E-state index contributed by atoms with van der Waals surface area (Å²) in [4.78, 5) is 0. The van der Waals surface area contributed by atoms with E-state index in [1.54, 1.807) is 12.1 Å². The van der Waals surface area contributed by atoms with Gasteiger partial charge in [-0.25, -0.2) is 4.39 Å². The highest BCUT2D eigenvalue weighted by Crippen LogP contribution is 2.32. The molecule has 1 aliphatic rings. The van der Waals surface area contributed by atoms with E-state index in [-0.39, 0.29) is 5.82 Å². The molecule has 0 bridgehead atoms. The fourth-order valence-electron chi connectivity index (χ4n) is 1.94. The lowest BCUT2D eigenvalue weighted by atomic mass is 9.77. The summed E-state index contributed by atoms with van der Waals surface area (Å²) in [6.45, 7) is 1.12. The molecule has 2 rings (SSSR count). The molecule has 1 aliphatic heterocycles. The lowest BCUT2D eigenvalue weighted by molar-refractivity contribution is 0.0562. The van der Waals surface area contributed by atoms with E-state index in [2.05, 4.69) is 6.07 Å². The largest absolute Gasteiger partial charge is 0.379 e. The molecule has 0 saturated carbocycles. The van der Waals surface area contributed by atoms with E-state index in [0.717, 1.165) is 18.4 Å². The predicted octanol–water partition coefficient (Wildman–Crippen LogP) is 2.40. The third-order valence-corrected chi connectivity index (χ3v) is 2.85. The fraction of sp³-hybridized carbons (Fsp3) is 0.417. The van der Waals surface area contributed by atoms with E-state index in [1.165, 1.54) is 12.1 Å². The van der Waals surface area contributed by atoms with Crippen LogP contribution in [0.1, 0.15) is 18.4 Å². The van der Waals surface area contributed by atoms with Gasteiger partial charge in [0.05, 0.1) is 12.7 Å². The summed E-state index contributed by atoms with van der Waals surface area (Å²) in [6.07, 6.45) is 1.67. The minimum Gasteiger partial charge on any atom is -0.379 e. The SMILES string of the molecule is N#C[C@]1(c2ccc(F)cc2)CCCOC1. The zero-order valence-electron chi connectivity index (χ0n) is 8.37. The molecular formula is C12H12FNO. The van der Waals surface area contributed by atoms with E-state index < -0.39 is 5.41 Å². The molecule has 1 aromatic rings. The predicted molar refractivity (Wildman–Crippen MR) is 53.7 cm³/mol. The minimum absolute atomic E-state index is 0.274. The molecule has 2 nitrogen and oxygen atoms in total. The van der Waals surface area contributed by atoms with Gasteiger partial charge in [0.15, 0.2) is 0 Å². The van der Waals surface area contributed by atoms with Crippen molar-refractivity contribution < 1.29 is 9.13 Å². The Morgan fingerprint density at radius 1 is 1.33 bits per heavy atom. The first-order valence-corrected chi connectivity index (χ1v) is 5.02. The summed E-state index contributed by atoms with van der Waals surface area (Å²) < 4.78 is 18.1. The number of ether oxygens (including phenoxy) is 1. The molecule has 0 unspecified atom stereocenters. The van der Waals surface area contributed by atoms with Crippen LogP contribution in [-0.4, -0.2) is 13.2 Å². The highest BCUT2D eigenvalue weighted by molar-refractivity contribution is 5.33. The van der Waals surface area contributed by atoms with E-state index in [4.69, 9.17) is 4.74 Å². The van der Waals surface area contributed by atoms with Crippen LogP contribution in [0.4, 0.5) is 4.39 Å². The fourth-order valence-corrected chi connectivity index (χ4v) is 1.94. The second kappa shape index (κ2) is 4.00. The molecule has 1 atom stereocenters. The topological polar surface area (TPSA) is 33.0 Å². The van der Waals surface area contributed by atoms with Crippen LogP contribution in [0.3, 0.4) is 0 Å². The zero-order valence-corrected chi connectivity index (χ0v) is 8.37. The molecule has 1 fully saturated rings. The molecule has 0 radical (unpaired) electrons. The van der Waals surface area contributed by atoms with Gasteiger partial charge in [-0.05, 0) is 30.5 Å². The molecule has 0 spiro atoms. The Morgan fingerprint density at radius 3 is 2.60 bits per heavy atom. The Morgan fingerprint density at radius 2 is 2.07 bits per heavy atom. The monoisotopic (exact) mass is 205 g/mol. The van der Waals surface area contributed by atoms with Crippen LogP contribution in [0, 0.1) is 17.1 Å². The van der Waals surface area contributed by atoms with Crippen molar-refractivity contribution in [2.24, 2.45) is 0 Å². The Hall–Kier alpha value is -1.40. The summed E-state index contributed by atoms with van der Waals surface area (Å²) in [5.74, 6) is -0.274. The molecule has 1 saturated heterocycles. The second-order valence-electron chi connectivity index (χ2n) is 3.86. The van der Waals surface area contributed by atoms with Gasteiger partial charge in [-0.3, -0.25) is 0 Å². The Balaban J connectivity index is 2.33. The van der Waals surface area contributed by atoms with Crippen LogP contribution in [-0.2, 0) is 10.2 Å². The molecule has 78 valence electrons. The van der Waals surface area contributed by atoms with Gasteiger partial charge in [-0.2, -0.15) is 5.26 Å². The molecule has 3 heteroatoms. The van der Waals surface area contributed by atoms with Gasteiger partial charge < -0.3 is 4.74 Å². The van der Waals surface area contributed by atoms with Crippen molar-refractivity contribution in [1.82, 2.24) is 0 Å². The summed E-state index contributed by atoms with van der Waals surface area (Å²) >= 11 is 0. The van der Waals surface area contributed by atoms with Crippen molar-refractivity contribution in [3.63, 3.8) is 0 Å². The lowest BCUT2D eigenvalue weighted by Gasteiger charge is -2.30. The molecule has 15 heavy (non-hydrogen) atoms. The van der Waals surface area contributed by atoms with Gasteiger partial charge in [-0.1, -0.05) is 12.1 Å². The maximum Gasteiger partial charge on any atom is 0.123 e. The number of hydrogen-bond acceptors (Lipinski definition) is 2. The molecular weight excluding hydrogens is 193 g/mol. The van der Waals surface area contributed by atoms with E-state index in [1.807, 2.05) is 0 Å². The number of halogens is 1. The number of benzene rings is 1. The van der Waals surface area contributed by atoms with Gasteiger partial charge >= 0.3 is 0 Å². The van der Waals surface area contributed by atoms with Gasteiger partial charge in [0.2, 0.25) is 0 Å². The van der Waals surface area contributed by atoms with E-state index >= 15 is 0 Å². The Labute approximate surface area is 88.3 Å². The van der Waals surface area contributed by atoms with Crippen LogP contribution in [0.5, 0.6) is 0 Å². The van der Waals surface area contributed by atoms with Crippen molar-refractivity contribution in [2.45, 2.75) is 18.3 Å². The third-order valence-electron chi connectivity index (χ3n) is 2.85. The van der Waals surface area contributed by atoms with E-state index in [9.17, 15) is 9.65 Å². The van der Waals surface area contributed by atoms with Gasteiger partial charge in [0, 0.05) is 6.61 Å². The van der Waals surface area contributed by atoms with Crippen LogP contribution in [0.25, 0.3) is 0 Å². The van der Waals surface area contributed by atoms with Crippen LogP contribution in [0.15, 0.2) is 24.3 Å². The van der Waals surface area contributed by atoms with Gasteiger partial charge in [0.25, 0.3) is 0 Å². The molecule has 1 heterocycles. The zero-order chi connectivity index (χ0) is 10.7. The molecule has 0 aliphatic carbocycles. The highest BCUT2D eigenvalue weighted by Gasteiger charge is 2.34. The normalized spacial score (nSPS) is 25.9. The molecule has 1 aromatic carbocycles. The first kappa shape index (κ1) is 10.1. The van der Waals surface area contributed by atoms with Crippen LogP contribution >= 0.6 is 0 Å². The Kier molecular flexibility index (Phi) is 2.70. The number of nitriles is 1. The highest BCUT2D eigenvalue weighted by atomic mass is 19.1.